The summed E-state index contributed by atoms with van der Waals surface area (Å²) >= 11 is 0. The van der Waals surface area contributed by atoms with E-state index in [0.29, 0.717) is 46.0 Å². The van der Waals surface area contributed by atoms with Crippen molar-refractivity contribution in [3.63, 3.8) is 0 Å². The van der Waals surface area contributed by atoms with Gasteiger partial charge in [-0.25, -0.2) is 4.98 Å². The number of nitrogens with two attached hydrogens (primary N) is 1. The van der Waals surface area contributed by atoms with Gasteiger partial charge in [-0.3, -0.25) is 0 Å². The third-order valence-corrected chi connectivity index (χ3v) is 8.75. The second-order valence-corrected chi connectivity index (χ2v) is 12.3. The lowest BCUT2D eigenvalue weighted by molar-refractivity contribution is -0.328. The molecule has 4 N–H and O–H groups in total. The fourth-order valence-corrected chi connectivity index (χ4v) is 6.15. The first-order valence-electron chi connectivity index (χ1n) is 17.3. The molecule has 3 heterocycles. The number of aromatic nitrogens is 3. The topological polar surface area (TPSA) is 126 Å². The highest BCUT2D eigenvalue weighted by Crippen LogP contribution is 2.32. The van der Waals surface area contributed by atoms with E-state index in [2.05, 4.69) is 57.4 Å². The molecule has 1 aliphatic heterocycles. The van der Waals surface area contributed by atoms with Crippen molar-refractivity contribution in [3.05, 3.63) is 126 Å². The maximum absolute atomic E-state index is 6.77. The molecule has 10 nitrogen and oxygen atoms in total. The molecule has 5 atom stereocenters. The van der Waals surface area contributed by atoms with Crippen molar-refractivity contribution in [1.29, 1.82) is 0 Å². The van der Waals surface area contributed by atoms with Crippen LogP contribution in [-0.2, 0) is 54.7 Å². The summed E-state index contributed by atoms with van der Waals surface area (Å²) in [5, 5.41) is 1.18. The molecule has 260 valence electrons. The summed E-state index contributed by atoms with van der Waals surface area (Å²) in [5.41, 5.74) is 10.9. The molecule has 1 fully saturated rings. The minimum Gasteiger partial charge on any atom is -0.379 e. The van der Waals surface area contributed by atoms with Crippen LogP contribution >= 0.6 is 0 Å². The summed E-state index contributed by atoms with van der Waals surface area (Å²) in [5.74, 6) is 0. The smallest absolute Gasteiger partial charge is 0.186 e. The van der Waals surface area contributed by atoms with E-state index in [9.17, 15) is 0 Å². The molecule has 10 heteroatoms. The Morgan fingerprint density at radius 3 is 2.14 bits per heavy atom. The second kappa shape index (κ2) is 18.8. The van der Waals surface area contributed by atoms with E-state index in [4.69, 9.17) is 34.2 Å². The van der Waals surface area contributed by atoms with Gasteiger partial charge in [-0.2, -0.15) is 0 Å². The number of hydrogen-bond acceptors (Lipinski definition) is 8. The first kappa shape index (κ1) is 35.0. The summed E-state index contributed by atoms with van der Waals surface area (Å²) < 4.78 is 39.6. The number of nitrogens with one attached hydrogen (secondary N) is 2. The Morgan fingerprint density at radius 1 is 0.694 bits per heavy atom. The summed E-state index contributed by atoms with van der Waals surface area (Å²) in [6.45, 7) is 3.05. The molecule has 1 aliphatic rings. The maximum Gasteiger partial charge on any atom is 0.186 e. The van der Waals surface area contributed by atoms with Gasteiger partial charge < -0.3 is 44.1 Å². The van der Waals surface area contributed by atoms with Crippen LogP contribution < -0.4 is 5.73 Å². The predicted octanol–water partition coefficient (Wildman–Crippen LogP) is 6.08. The molecular weight excluding hydrogens is 620 g/mol. The lowest BCUT2D eigenvalue weighted by atomic mass is 9.97. The van der Waals surface area contributed by atoms with Crippen molar-refractivity contribution < 1.29 is 28.4 Å². The molecule has 0 saturated carbocycles. The molecular formula is C39H48N4O6. The van der Waals surface area contributed by atoms with Crippen molar-refractivity contribution in [2.75, 3.05) is 26.4 Å². The van der Waals surface area contributed by atoms with Crippen LogP contribution in [0.25, 0.3) is 10.9 Å². The van der Waals surface area contributed by atoms with Crippen LogP contribution in [0.2, 0.25) is 0 Å². The lowest BCUT2D eigenvalue weighted by Crippen LogP contribution is -2.61. The quantitative estimate of drug-likeness (QED) is 0.0853. The van der Waals surface area contributed by atoms with Crippen LogP contribution in [-0.4, -0.2) is 72.0 Å². The molecule has 5 aromatic rings. The van der Waals surface area contributed by atoms with E-state index < -0.39 is 30.7 Å². The summed E-state index contributed by atoms with van der Waals surface area (Å²) in [4.78, 5) is 10.7. The predicted molar refractivity (Wildman–Crippen MR) is 188 cm³/mol. The van der Waals surface area contributed by atoms with Gasteiger partial charge in [-0.05, 0) is 55.0 Å². The molecule has 0 radical (unpaired) electrons. The van der Waals surface area contributed by atoms with Crippen molar-refractivity contribution in [3.8, 4) is 0 Å². The Labute approximate surface area is 288 Å². The number of rotatable bonds is 20. The van der Waals surface area contributed by atoms with Crippen LogP contribution in [0, 0.1) is 0 Å². The number of imidazole rings is 1. The first-order valence-corrected chi connectivity index (χ1v) is 17.3. The van der Waals surface area contributed by atoms with Gasteiger partial charge in [0.15, 0.2) is 6.29 Å². The van der Waals surface area contributed by atoms with Gasteiger partial charge in [0.05, 0.1) is 51.3 Å². The fraction of sp³-hybridized carbons (Fsp3) is 0.410. The molecule has 0 bridgehead atoms. The number of fused-ring (bicyclic) bond motifs is 1. The SMILES string of the molecule is NCCCCCOC[C@@H]1O[C@H](OCCc2c[nH]c3ccccc23)[C@H](OCc2cnc[nH]2)C(OCc2ccccc2)[C@H]1OCc1ccccc1. The molecule has 2 aromatic heterocycles. The first-order chi connectivity index (χ1) is 24.3. The lowest BCUT2D eigenvalue weighted by Gasteiger charge is -2.45. The standard InChI is InChI=1S/C39H48N4O6/c40-19-10-3-11-20-44-27-35-36(46-24-29-12-4-1-5-13-29)37(47-25-30-14-6-2-7-15-30)38(48-26-32-23-41-28-43-32)39(49-35)45-21-18-31-22-42-34-17-9-8-16-33(31)34/h1-2,4-9,12-17,22-23,28,35-39,42H,3,10-11,18-21,24-27,40H2,(H,41,43)/t35-,36-,37?,38+,39-/m0/s1. The summed E-state index contributed by atoms with van der Waals surface area (Å²) in [6.07, 6.45) is 6.18. The average Bonchev–Trinajstić information content (AvgIpc) is 3.82. The van der Waals surface area contributed by atoms with E-state index in [0.717, 1.165) is 41.6 Å². The number of ether oxygens (including phenoxy) is 6. The Balaban J connectivity index is 1.25. The summed E-state index contributed by atoms with van der Waals surface area (Å²) in [7, 11) is 0. The Bertz CT molecular complexity index is 1620. The van der Waals surface area contributed by atoms with E-state index in [1.807, 2.05) is 48.7 Å². The Morgan fingerprint density at radius 2 is 1.41 bits per heavy atom. The molecule has 1 unspecified atom stereocenters. The van der Waals surface area contributed by atoms with E-state index >= 15 is 0 Å². The number of benzene rings is 3. The van der Waals surface area contributed by atoms with Crippen LogP contribution in [0.1, 0.15) is 41.6 Å². The van der Waals surface area contributed by atoms with Gasteiger partial charge in [-0.1, -0.05) is 78.9 Å². The number of para-hydroxylation sites is 1. The summed E-state index contributed by atoms with van der Waals surface area (Å²) in [6, 6.07) is 28.5. The van der Waals surface area contributed by atoms with Crippen molar-refractivity contribution >= 4 is 10.9 Å². The number of H-pyrrole nitrogens is 2. The minimum atomic E-state index is -0.740. The minimum absolute atomic E-state index is 0.273. The molecule has 0 spiro atoms. The number of nitrogens with zero attached hydrogens (tertiary/aromatic N) is 1. The molecule has 0 aliphatic carbocycles. The molecule has 6 rings (SSSR count). The van der Waals surface area contributed by atoms with Gasteiger partial charge >= 0.3 is 0 Å². The van der Waals surface area contributed by atoms with Crippen LogP contribution in [0.5, 0.6) is 0 Å². The van der Waals surface area contributed by atoms with E-state index in [1.54, 1.807) is 12.5 Å². The number of hydrogen-bond donors (Lipinski definition) is 3. The zero-order chi connectivity index (χ0) is 33.5. The average molecular weight is 669 g/mol. The number of aromatic amines is 2. The van der Waals surface area contributed by atoms with Crippen molar-refractivity contribution in [1.82, 2.24) is 15.0 Å². The van der Waals surface area contributed by atoms with E-state index in [-0.39, 0.29) is 6.61 Å². The van der Waals surface area contributed by atoms with Crippen molar-refractivity contribution in [2.24, 2.45) is 5.73 Å². The van der Waals surface area contributed by atoms with Gasteiger partial charge in [0.1, 0.15) is 24.4 Å². The van der Waals surface area contributed by atoms with Crippen molar-refractivity contribution in [2.45, 2.75) is 76.2 Å². The molecule has 1 saturated heterocycles. The largest absolute Gasteiger partial charge is 0.379 e. The highest BCUT2D eigenvalue weighted by Gasteiger charge is 2.49. The highest BCUT2D eigenvalue weighted by atomic mass is 16.7. The van der Waals surface area contributed by atoms with E-state index in [1.165, 1.54) is 10.9 Å². The van der Waals surface area contributed by atoms with Gasteiger partial charge in [0.2, 0.25) is 0 Å². The van der Waals surface area contributed by atoms with Gasteiger partial charge in [0, 0.05) is 23.7 Å². The van der Waals surface area contributed by atoms with Gasteiger partial charge in [0.25, 0.3) is 0 Å². The van der Waals surface area contributed by atoms with Crippen LogP contribution in [0.15, 0.2) is 104 Å². The Kier molecular flexibility index (Phi) is 13.4. The highest BCUT2D eigenvalue weighted by molar-refractivity contribution is 5.83. The molecule has 3 aromatic carbocycles. The maximum atomic E-state index is 6.77. The molecule has 0 amide bonds. The third kappa shape index (κ3) is 10.1. The fourth-order valence-electron chi connectivity index (χ4n) is 6.15. The third-order valence-electron chi connectivity index (χ3n) is 8.75. The van der Waals surface area contributed by atoms with Gasteiger partial charge in [-0.15, -0.1) is 0 Å². The normalized spacial score (nSPS) is 21.0. The number of unbranched alkanes of at least 4 members (excludes halogenated alkanes) is 2. The monoisotopic (exact) mass is 668 g/mol. The zero-order valence-electron chi connectivity index (χ0n) is 28.0. The zero-order valence-corrected chi connectivity index (χ0v) is 28.0. The van der Waals surface area contributed by atoms with Crippen LogP contribution in [0.4, 0.5) is 0 Å². The Hall–Kier alpha value is -3.87. The van der Waals surface area contributed by atoms with Crippen LogP contribution in [0.3, 0.4) is 0 Å². The molecule has 49 heavy (non-hydrogen) atoms. The second-order valence-electron chi connectivity index (χ2n) is 12.3.